The summed E-state index contributed by atoms with van der Waals surface area (Å²) in [4.78, 5) is 15.2. The molecule has 1 aromatic carbocycles. The van der Waals surface area contributed by atoms with Crippen molar-refractivity contribution in [2.24, 2.45) is 0 Å². The summed E-state index contributed by atoms with van der Waals surface area (Å²) in [7, 11) is 0. The molecule has 0 aliphatic carbocycles. The molecule has 0 N–H and O–H groups in total. The van der Waals surface area contributed by atoms with Gasteiger partial charge in [0.15, 0.2) is 0 Å². The van der Waals surface area contributed by atoms with Crippen LogP contribution in [0.3, 0.4) is 0 Å². The Morgan fingerprint density at radius 1 is 1.30 bits per heavy atom. The highest BCUT2D eigenvalue weighted by Crippen LogP contribution is 2.39. The minimum Gasteiger partial charge on any atom is -0.381 e. The molecule has 4 heteroatoms. The van der Waals surface area contributed by atoms with Crippen molar-refractivity contribution >= 4 is 17.7 Å². The van der Waals surface area contributed by atoms with Crippen LogP contribution in [0.25, 0.3) is 0 Å². The van der Waals surface area contributed by atoms with Gasteiger partial charge in [-0.3, -0.25) is 4.79 Å². The monoisotopic (exact) mass is 291 g/mol. The van der Waals surface area contributed by atoms with Crippen LogP contribution >= 0.6 is 11.8 Å². The zero-order chi connectivity index (χ0) is 14.0. The van der Waals surface area contributed by atoms with Gasteiger partial charge in [-0.05, 0) is 25.3 Å². The molecular formula is C16H21NO2S. The van der Waals surface area contributed by atoms with Gasteiger partial charge in [0.1, 0.15) is 0 Å². The van der Waals surface area contributed by atoms with Crippen LogP contribution in [0.2, 0.25) is 0 Å². The fourth-order valence-electron chi connectivity index (χ4n) is 3.24. The maximum absolute atomic E-state index is 13.2. The molecule has 0 bridgehead atoms. The molecule has 2 fully saturated rings. The Morgan fingerprint density at radius 2 is 2.00 bits per heavy atom. The number of thioether (sulfide) groups is 1. The second-order valence-corrected chi connectivity index (χ2v) is 6.95. The van der Waals surface area contributed by atoms with Crippen molar-refractivity contribution in [2.75, 3.05) is 25.5 Å². The molecule has 0 aromatic heterocycles. The van der Waals surface area contributed by atoms with Gasteiger partial charge in [0.25, 0.3) is 0 Å². The lowest BCUT2D eigenvalue weighted by Gasteiger charge is -2.40. The van der Waals surface area contributed by atoms with Gasteiger partial charge in [-0.15, -0.1) is 11.8 Å². The lowest BCUT2D eigenvalue weighted by atomic mass is 9.73. The Morgan fingerprint density at radius 3 is 2.60 bits per heavy atom. The predicted octanol–water partition coefficient (Wildman–Crippen LogP) is 2.66. The van der Waals surface area contributed by atoms with Crippen LogP contribution in [0.15, 0.2) is 30.3 Å². The number of benzene rings is 1. The van der Waals surface area contributed by atoms with E-state index in [1.807, 2.05) is 30.0 Å². The third-order valence-electron chi connectivity index (χ3n) is 4.47. The quantitative estimate of drug-likeness (QED) is 0.839. The number of rotatable bonds is 2. The van der Waals surface area contributed by atoms with E-state index in [0.29, 0.717) is 24.5 Å². The zero-order valence-electron chi connectivity index (χ0n) is 11.9. The van der Waals surface area contributed by atoms with Crippen LogP contribution in [0, 0.1) is 0 Å². The number of ether oxygens (including phenoxy) is 1. The van der Waals surface area contributed by atoms with E-state index >= 15 is 0 Å². The molecule has 108 valence electrons. The van der Waals surface area contributed by atoms with Gasteiger partial charge in [0.05, 0.1) is 10.8 Å². The van der Waals surface area contributed by atoms with Gasteiger partial charge >= 0.3 is 0 Å². The Kier molecular flexibility index (Phi) is 4.03. The maximum atomic E-state index is 13.2. The average Bonchev–Trinajstić information content (AvgIpc) is 2.94. The van der Waals surface area contributed by atoms with E-state index in [1.165, 1.54) is 0 Å². The van der Waals surface area contributed by atoms with Gasteiger partial charge in [0.2, 0.25) is 5.91 Å². The molecule has 2 aliphatic rings. The summed E-state index contributed by atoms with van der Waals surface area (Å²) < 4.78 is 5.51. The summed E-state index contributed by atoms with van der Waals surface area (Å²) in [6, 6.07) is 10.3. The van der Waals surface area contributed by atoms with Gasteiger partial charge in [0, 0.05) is 25.5 Å². The van der Waals surface area contributed by atoms with Crippen molar-refractivity contribution in [3.63, 3.8) is 0 Å². The van der Waals surface area contributed by atoms with E-state index in [-0.39, 0.29) is 5.41 Å². The molecule has 1 aromatic rings. The number of carbonyl (C=O) groups excluding carboxylic acids is 1. The summed E-state index contributed by atoms with van der Waals surface area (Å²) in [5, 5.41) is 0.297. The van der Waals surface area contributed by atoms with Crippen molar-refractivity contribution in [1.82, 2.24) is 4.90 Å². The molecule has 1 unspecified atom stereocenters. The highest BCUT2D eigenvalue weighted by atomic mass is 32.2. The fourth-order valence-corrected chi connectivity index (χ4v) is 4.26. The van der Waals surface area contributed by atoms with Crippen LogP contribution in [0.5, 0.6) is 0 Å². The van der Waals surface area contributed by atoms with Crippen molar-refractivity contribution in [3.05, 3.63) is 35.9 Å². The molecule has 3 rings (SSSR count). The summed E-state index contributed by atoms with van der Waals surface area (Å²) >= 11 is 1.87. The van der Waals surface area contributed by atoms with E-state index in [9.17, 15) is 4.79 Å². The molecule has 0 saturated carbocycles. The largest absolute Gasteiger partial charge is 0.381 e. The minimum absolute atomic E-state index is 0.296. The Hall–Kier alpha value is -1.00. The first-order chi connectivity index (χ1) is 9.74. The molecule has 2 heterocycles. The minimum atomic E-state index is -0.376. The van der Waals surface area contributed by atoms with Crippen LogP contribution in [-0.2, 0) is 14.9 Å². The van der Waals surface area contributed by atoms with E-state index in [0.717, 1.165) is 30.7 Å². The summed E-state index contributed by atoms with van der Waals surface area (Å²) in [6.45, 7) is 4.36. The zero-order valence-corrected chi connectivity index (χ0v) is 12.7. The standard InChI is InChI=1S/C16H21NO2S/c1-13-17(9-12-20-13)15(18)16(7-10-19-11-8-16)14-5-3-2-4-6-14/h2-6,13H,7-12H2,1H3. The number of amides is 1. The summed E-state index contributed by atoms with van der Waals surface area (Å²) in [5.41, 5.74) is 0.774. The molecule has 2 aliphatic heterocycles. The SMILES string of the molecule is CC1SCCN1C(=O)C1(c2ccccc2)CCOCC1. The van der Waals surface area contributed by atoms with Crippen molar-refractivity contribution in [3.8, 4) is 0 Å². The van der Waals surface area contributed by atoms with E-state index in [1.54, 1.807) is 0 Å². The third kappa shape index (κ3) is 2.35. The second-order valence-electron chi connectivity index (χ2n) is 5.53. The van der Waals surface area contributed by atoms with E-state index in [4.69, 9.17) is 4.74 Å². The number of hydrogen-bond acceptors (Lipinski definition) is 3. The third-order valence-corrected chi connectivity index (χ3v) is 5.63. The lowest BCUT2D eigenvalue weighted by Crippen LogP contribution is -2.50. The first kappa shape index (κ1) is 14.0. The normalized spacial score (nSPS) is 25.6. The summed E-state index contributed by atoms with van der Waals surface area (Å²) in [5.74, 6) is 1.35. The van der Waals surface area contributed by atoms with Crippen molar-refractivity contribution < 1.29 is 9.53 Å². The smallest absolute Gasteiger partial charge is 0.234 e. The Labute approximate surface area is 124 Å². The molecular weight excluding hydrogens is 270 g/mol. The lowest BCUT2D eigenvalue weighted by molar-refractivity contribution is -0.141. The first-order valence-electron chi connectivity index (χ1n) is 7.30. The molecule has 1 amide bonds. The predicted molar refractivity (Wildman–Crippen MR) is 81.8 cm³/mol. The van der Waals surface area contributed by atoms with Gasteiger partial charge in [-0.25, -0.2) is 0 Å². The van der Waals surface area contributed by atoms with Gasteiger partial charge in [-0.1, -0.05) is 30.3 Å². The van der Waals surface area contributed by atoms with E-state index in [2.05, 4.69) is 24.0 Å². The Bertz CT molecular complexity index is 471. The topological polar surface area (TPSA) is 29.5 Å². The molecule has 0 spiro atoms. The molecule has 3 nitrogen and oxygen atoms in total. The maximum Gasteiger partial charge on any atom is 0.234 e. The van der Waals surface area contributed by atoms with Crippen LogP contribution in [0.1, 0.15) is 25.3 Å². The van der Waals surface area contributed by atoms with E-state index < -0.39 is 0 Å². The van der Waals surface area contributed by atoms with Crippen LogP contribution in [0.4, 0.5) is 0 Å². The highest BCUT2D eigenvalue weighted by Gasteiger charge is 2.45. The first-order valence-corrected chi connectivity index (χ1v) is 8.35. The molecule has 1 atom stereocenters. The van der Waals surface area contributed by atoms with Crippen LogP contribution < -0.4 is 0 Å². The number of carbonyl (C=O) groups is 1. The number of nitrogens with zero attached hydrogens (tertiary/aromatic N) is 1. The second kappa shape index (κ2) is 5.78. The Balaban J connectivity index is 1.95. The highest BCUT2D eigenvalue weighted by molar-refractivity contribution is 8.00. The average molecular weight is 291 g/mol. The molecule has 0 radical (unpaired) electrons. The van der Waals surface area contributed by atoms with Crippen molar-refractivity contribution in [1.29, 1.82) is 0 Å². The molecule has 2 saturated heterocycles. The fraction of sp³-hybridized carbons (Fsp3) is 0.562. The number of hydrogen-bond donors (Lipinski definition) is 0. The summed E-state index contributed by atoms with van der Waals surface area (Å²) in [6.07, 6.45) is 1.59. The van der Waals surface area contributed by atoms with Gasteiger partial charge in [-0.2, -0.15) is 0 Å². The van der Waals surface area contributed by atoms with Crippen LogP contribution in [-0.4, -0.2) is 41.7 Å². The molecule has 20 heavy (non-hydrogen) atoms. The van der Waals surface area contributed by atoms with Gasteiger partial charge < -0.3 is 9.64 Å². The van der Waals surface area contributed by atoms with Crippen molar-refractivity contribution in [2.45, 2.75) is 30.6 Å².